The van der Waals surface area contributed by atoms with Gasteiger partial charge in [0.15, 0.2) is 0 Å². The van der Waals surface area contributed by atoms with Crippen molar-refractivity contribution in [3.05, 3.63) is 45.0 Å². The minimum Gasteiger partial charge on any atom is -0.267 e. The molecule has 2 aromatic rings. The number of hydrogen-bond acceptors (Lipinski definition) is 3. The second-order valence-electron chi connectivity index (χ2n) is 8.03. The maximum absolute atomic E-state index is 14.0. The molecule has 3 rings (SSSR count). The third-order valence-corrected chi connectivity index (χ3v) is 6.01. The van der Waals surface area contributed by atoms with Gasteiger partial charge in [-0.1, -0.05) is 38.5 Å². The van der Waals surface area contributed by atoms with Crippen LogP contribution in [0.1, 0.15) is 61.0 Å². The first-order chi connectivity index (χ1) is 12.9. The fourth-order valence-electron chi connectivity index (χ4n) is 2.75. The molecule has 9 heteroatoms. The summed E-state index contributed by atoms with van der Waals surface area (Å²) in [5.41, 5.74) is -2.06. The molecule has 0 N–H and O–H groups in total. The summed E-state index contributed by atoms with van der Waals surface area (Å²) in [6.45, 7) is 6.50. The van der Waals surface area contributed by atoms with Crippen LogP contribution in [0.15, 0.2) is 23.2 Å². The average molecular weight is 415 g/mol. The molecule has 152 valence electrons. The number of hydrogen-bond donors (Lipinski definition) is 0. The van der Waals surface area contributed by atoms with E-state index in [2.05, 4.69) is 10.1 Å². The van der Waals surface area contributed by atoms with Crippen LogP contribution in [0.3, 0.4) is 0 Å². The van der Waals surface area contributed by atoms with Gasteiger partial charge in [0.25, 0.3) is 5.91 Å². The van der Waals surface area contributed by atoms with Crippen molar-refractivity contribution in [2.24, 2.45) is 10.9 Å². The van der Waals surface area contributed by atoms with Crippen molar-refractivity contribution < 1.29 is 22.4 Å². The Labute approximate surface area is 163 Å². The first kappa shape index (κ1) is 20.7. The Kier molecular flexibility index (Phi) is 5.49. The molecule has 1 aromatic carbocycles. The normalized spacial score (nSPS) is 16.3. The smallest absolute Gasteiger partial charge is 0.267 e. The van der Waals surface area contributed by atoms with Crippen molar-refractivity contribution in [3.63, 3.8) is 0 Å². The minimum atomic E-state index is -4.67. The highest BCUT2D eigenvalue weighted by atomic mass is 32.1. The molecule has 0 saturated heterocycles. The van der Waals surface area contributed by atoms with E-state index in [0.29, 0.717) is 30.7 Å². The van der Waals surface area contributed by atoms with Gasteiger partial charge in [0, 0.05) is 12.0 Å². The molecule has 1 aliphatic rings. The van der Waals surface area contributed by atoms with E-state index in [-0.39, 0.29) is 10.2 Å². The van der Waals surface area contributed by atoms with Crippen molar-refractivity contribution in [1.29, 1.82) is 0 Å². The lowest BCUT2D eigenvalue weighted by Gasteiger charge is -2.24. The third-order valence-electron chi connectivity index (χ3n) is 4.64. The van der Waals surface area contributed by atoms with E-state index < -0.39 is 29.0 Å². The molecular formula is C19H21F4N3OS. The molecule has 1 aromatic heterocycles. The van der Waals surface area contributed by atoms with Crippen LogP contribution in [0.25, 0.3) is 0 Å². The van der Waals surface area contributed by atoms with Crippen LogP contribution in [0.2, 0.25) is 0 Å². The van der Waals surface area contributed by atoms with E-state index in [1.807, 2.05) is 20.8 Å². The zero-order chi connectivity index (χ0) is 20.7. The molecule has 1 saturated carbocycles. The Bertz CT molecular complexity index is 949. The molecule has 1 fully saturated rings. The Morgan fingerprint density at radius 2 is 1.96 bits per heavy atom. The molecule has 4 nitrogen and oxygen atoms in total. The van der Waals surface area contributed by atoms with E-state index in [1.165, 1.54) is 11.3 Å². The number of nitrogens with zero attached hydrogens (tertiary/aromatic N) is 3. The van der Waals surface area contributed by atoms with Crippen molar-refractivity contribution in [1.82, 2.24) is 9.78 Å². The summed E-state index contributed by atoms with van der Waals surface area (Å²) in [5.74, 6) is -1.64. The number of carbonyl (C=O) groups is 1. The third kappa shape index (κ3) is 4.51. The number of aromatic nitrogens is 2. The lowest BCUT2D eigenvalue weighted by molar-refractivity contribution is -0.137. The summed E-state index contributed by atoms with van der Waals surface area (Å²) in [6, 6.07) is 1.75. The van der Waals surface area contributed by atoms with Crippen molar-refractivity contribution in [3.8, 4) is 0 Å². The second-order valence-corrected chi connectivity index (χ2v) is 8.98. The molecule has 1 aliphatic carbocycles. The Hall–Kier alpha value is -2.03. The predicted molar refractivity (Wildman–Crippen MR) is 97.4 cm³/mol. The molecule has 1 heterocycles. The summed E-state index contributed by atoms with van der Waals surface area (Å²) in [5, 5.41) is 5.30. The molecule has 0 radical (unpaired) electrons. The standard InChI is InChI=1S/C19H21F4N3OS/c1-18(2,3)16-25-26(10-11-5-4-6-11)17(28-16)24-15(27)13-9-12(19(21,22)23)7-8-14(13)20/h7-9,11H,4-6,10H2,1-3H3/b24-17-. The van der Waals surface area contributed by atoms with Crippen LogP contribution in [0.5, 0.6) is 0 Å². The summed E-state index contributed by atoms with van der Waals surface area (Å²) in [7, 11) is 0. The van der Waals surface area contributed by atoms with Gasteiger partial charge in [-0.15, -0.1) is 0 Å². The SMILES string of the molecule is CC(C)(C)c1nn(CC2CCC2)/c(=N/C(=O)c2cc(C(F)(F)F)ccc2F)s1. The molecule has 0 spiro atoms. The molecule has 0 aliphatic heterocycles. The number of rotatable bonds is 3. The average Bonchev–Trinajstić information content (AvgIpc) is 2.93. The fraction of sp³-hybridized carbons (Fsp3) is 0.526. The van der Waals surface area contributed by atoms with Gasteiger partial charge in [-0.3, -0.25) is 4.79 Å². The first-order valence-corrected chi connectivity index (χ1v) is 9.81. The number of halogens is 4. The van der Waals surface area contributed by atoms with Crippen LogP contribution >= 0.6 is 11.3 Å². The summed E-state index contributed by atoms with van der Waals surface area (Å²) >= 11 is 1.20. The molecule has 0 atom stereocenters. The summed E-state index contributed by atoms with van der Waals surface area (Å²) in [6.07, 6.45) is -1.41. The van der Waals surface area contributed by atoms with Crippen LogP contribution in [-0.4, -0.2) is 15.7 Å². The lowest BCUT2D eigenvalue weighted by Crippen LogP contribution is -2.26. The molecule has 28 heavy (non-hydrogen) atoms. The van der Waals surface area contributed by atoms with Crippen LogP contribution in [0.4, 0.5) is 17.6 Å². The van der Waals surface area contributed by atoms with Crippen molar-refractivity contribution in [2.75, 3.05) is 0 Å². The zero-order valence-electron chi connectivity index (χ0n) is 15.8. The number of alkyl halides is 3. The maximum Gasteiger partial charge on any atom is 0.416 e. The first-order valence-electron chi connectivity index (χ1n) is 8.99. The Morgan fingerprint density at radius 1 is 1.29 bits per heavy atom. The van der Waals surface area contributed by atoms with E-state index in [1.54, 1.807) is 4.68 Å². The summed E-state index contributed by atoms with van der Waals surface area (Å²) < 4.78 is 54.3. The highest BCUT2D eigenvalue weighted by Gasteiger charge is 2.32. The lowest BCUT2D eigenvalue weighted by atomic mass is 9.85. The Balaban J connectivity index is 2.02. The molecule has 0 unspecified atom stereocenters. The van der Waals surface area contributed by atoms with Gasteiger partial charge in [-0.25, -0.2) is 9.07 Å². The zero-order valence-corrected chi connectivity index (χ0v) is 16.6. The van der Waals surface area contributed by atoms with Gasteiger partial charge in [-0.2, -0.15) is 23.3 Å². The van der Waals surface area contributed by atoms with Gasteiger partial charge in [0.1, 0.15) is 10.8 Å². The highest BCUT2D eigenvalue weighted by molar-refractivity contribution is 7.09. The second kappa shape index (κ2) is 7.42. The van der Waals surface area contributed by atoms with E-state index in [0.717, 1.165) is 24.3 Å². The molecule has 0 bridgehead atoms. The van der Waals surface area contributed by atoms with Crippen molar-refractivity contribution in [2.45, 2.75) is 58.2 Å². The van der Waals surface area contributed by atoms with Gasteiger partial charge in [-0.05, 0) is 37.0 Å². The van der Waals surface area contributed by atoms with Crippen molar-refractivity contribution >= 4 is 17.2 Å². The topological polar surface area (TPSA) is 47.2 Å². The van der Waals surface area contributed by atoms with Gasteiger partial charge in [0.05, 0.1) is 11.1 Å². The summed E-state index contributed by atoms with van der Waals surface area (Å²) in [4.78, 5) is 16.7. The quantitative estimate of drug-likeness (QED) is 0.667. The van der Waals surface area contributed by atoms with E-state index in [9.17, 15) is 22.4 Å². The monoisotopic (exact) mass is 415 g/mol. The van der Waals surface area contributed by atoms with Crippen LogP contribution in [-0.2, 0) is 18.1 Å². The van der Waals surface area contributed by atoms with E-state index in [4.69, 9.17) is 0 Å². The largest absolute Gasteiger partial charge is 0.416 e. The molecular weight excluding hydrogens is 394 g/mol. The van der Waals surface area contributed by atoms with Gasteiger partial charge < -0.3 is 0 Å². The number of amides is 1. The number of benzene rings is 1. The van der Waals surface area contributed by atoms with Gasteiger partial charge in [0.2, 0.25) is 4.80 Å². The van der Waals surface area contributed by atoms with Crippen LogP contribution < -0.4 is 4.80 Å². The highest BCUT2D eigenvalue weighted by Crippen LogP contribution is 2.31. The minimum absolute atomic E-state index is 0.274. The van der Waals surface area contributed by atoms with Gasteiger partial charge >= 0.3 is 6.18 Å². The fourth-order valence-corrected chi connectivity index (χ4v) is 3.71. The maximum atomic E-state index is 14.0. The molecule has 1 amide bonds. The van der Waals surface area contributed by atoms with Crippen LogP contribution in [0, 0.1) is 11.7 Å². The predicted octanol–water partition coefficient (Wildman–Crippen LogP) is 4.94. The Morgan fingerprint density at radius 3 is 2.50 bits per heavy atom. The van der Waals surface area contributed by atoms with E-state index >= 15 is 0 Å². The number of carbonyl (C=O) groups excluding carboxylic acids is 1.